The van der Waals surface area contributed by atoms with Crippen molar-refractivity contribution < 1.29 is 9.84 Å². The van der Waals surface area contributed by atoms with Crippen LogP contribution in [0.15, 0.2) is 18.2 Å². The summed E-state index contributed by atoms with van der Waals surface area (Å²) in [6.45, 7) is 5.39. The maximum atomic E-state index is 9.17. The summed E-state index contributed by atoms with van der Waals surface area (Å²) in [6, 6.07) is 5.67. The van der Waals surface area contributed by atoms with Gasteiger partial charge < -0.3 is 20.9 Å². The number of anilines is 2. The Balaban J connectivity index is 2.46. The van der Waals surface area contributed by atoms with Gasteiger partial charge in [0.25, 0.3) is 0 Å². The Morgan fingerprint density at radius 2 is 2.17 bits per heavy atom. The van der Waals surface area contributed by atoms with Crippen LogP contribution in [0.4, 0.5) is 11.4 Å². The molecule has 0 aromatic heterocycles. The molecule has 0 fully saturated rings. The number of hydrogen-bond acceptors (Lipinski definition) is 4. The molecule has 0 saturated carbocycles. The van der Waals surface area contributed by atoms with Gasteiger partial charge in [-0.1, -0.05) is 6.92 Å². The van der Waals surface area contributed by atoms with Crippen LogP contribution in [-0.4, -0.2) is 24.4 Å². The molecule has 1 atom stereocenters. The predicted molar refractivity (Wildman–Crippen MR) is 76.0 cm³/mol. The first kappa shape index (κ1) is 14.6. The SMILES string of the molecule is CCCOc1cc(N)cc(NCCCC(C)O)c1. The minimum atomic E-state index is -0.240. The van der Waals surface area contributed by atoms with E-state index < -0.39 is 0 Å². The molecular formula is C14H24N2O2. The molecule has 1 unspecified atom stereocenters. The van der Waals surface area contributed by atoms with E-state index in [0.717, 1.165) is 37.2 Å². The molecule has 0 saturated heterocycles. The van der Waals surface area contributed by atoms with Gasteiger partial charge in [0, 0.05) is 30.1 Å². The van der Waals surface area contributed by atoms with Gasteiger partial charge in [0.1, 0.15) is 5.75 Å². The number of hydrogen-bond donors (Lipinski definition) is 3. The zero-order chi connectivity index (χ0) is 13.4. The Bertz CT molecular complexity index is 354. The lowest BCUT2D eigenvalue weighted by atomic mass is 10.2. The van der Waals surface area contributed by atoms with E-state index in [4.69, 9.17) is 15.6 Å². The van der Waals surface area contributed by atoms with Crippen molar-refractivity contribution in [2.75, 3.05) is 24.2 Å². The molecule has 0 heterocycles. The molecule has 0 amide bonds. The molecule has 1 aromatic carbocycles. The lowest BCUT2D eigenvalue weighted by Crippen LogP contribution is -2.07. The summed E-state index contributed by atoms with van der Waals surface area (Å²) in [6.07, 6.45) is 2.47. The molecule has 4 N–H and O–H groups in total. The van der Waals surface area contributed by atoms with Crippen molar-refractivity contribution >= 4 is 11.4 Å². The maximum Gasteiger partial charge on any atom is 0.123 e. The van der Waals surface area contributed by atoms with Crippen LogP contribution in [0.25, 0.3) is 0 Å². The molecule has 1 rings (SSSR count). The largest absolute Gasteiger partial charge is 0.493 e. The van der Waals surface area contributed by atoms with Gasteiger partial charge in [-0.05, 0) is 32.3 Å². The second-order valence-corrected chi connectivity index (χ2v) is 4.56. The second kappa shape index (κ2) is 7.82. The molecule has 18 heavy (non-hydrogen) atoms. The number of nitrogens with one attached hydrogen (secondary N) is 1. The van der Waals surface area contributed by atoms with E-state index >= 15 is 0 Å². The summed E-state index contributed by atoms with van der Waals surface area (Å²) >= 11 is 0. The molecule has 0 radical (unpaired) electrons. The number of ether oxygens (including phenoxy) is 1. The minimum absolute atomic E-state index is 0.240. The van der Waals surface area contributed by atoms with Crippen LogP contribution in [0.2, 0.25) is 0 Å². The smallest absolute Gasteiger partial charge is 0.123 e. The summed E-state index contributed by atoms with van der Waals surface area (Å²) in [4.78, 5) is 0. The fourth-order valence-corrected chi connectivity index (χ4v) is 1.66. The summed E-state index contributed by atoms with van der Waals surface area (Å²) < 4.78 is 5.56. The first-order chi connectivity index (χ1) is 8.61. The van der Waals surface area contributed by atoms with Crippen LogP contribution in [0.1, 0.15) is 33.1 Å². The highest BCUT2D eigenvalue weighted by molar-refractivity contribution is 5.59. The van der Waals surface area contributed by atoms with Crippen molar-refractivity contribution in [2.45, 2.75) is 39.2 Å². The lowest BCUT2D eigenvalue weighted by Gasteiger charge is -2.11. The van der Waals surface area contributed by atoms with Crippen LogP contribution in [-0.2, 0) is 0 Å². The third-order valence-corrected chi connectivity index (χ3v) is 2.53. The molecule has 0 spiro atoms. The number of rotatable bonds is 8. The normalized spacial score (nSPS) is 12.2. The maximum absolute atomic E-state index is 9.17. The Morgan fingerprint density at radius 3 is 2.83 bits per heavy atom. The van der Waals surface area contributed by atoms with Gasteiger partial charge in [0.05, 0.1) is 12.7 Å². The molecule has 0 aliphatic carbocycles. The van der Waals surface area contributed by atoms with E-state index in [1.54, 1.807) is 6.92 Å². The van der Waals surface area contributed by atoms with Gasteiger partial charge in [-0.2, -0.15) is 0 Å². The minimum Gasteiger partial charge on any atom is -0.493 e. The first-order valence-electron chi connectivity index (χ1n) is 6.57. The zero-order valence-electron chi connectivity index (χ0n) is 11.3. The third-order valence-electron chi connectivity index (χ3n) is 2.53. The molecular weight excluding hydrogens is 228 g/mol. The number of nitrogens with two attached hydrogens (primary N) is 1. The monoisotopic (exact) mass is 252 g/mol. The van der Waals surface area contributed by atoms with Gasteiger partial charge in [-0.3, -0.25) is 0 Å². The fraction of sp³-hybridized carbons (Fsp3) is 0.571. The Morgan fingerprint density at radius 1 is 1.39 bits per heavy atom. The van der Waals surface area contributed by atoms with E-state index in [1.165, 1.54) is 0 Å². The Kier molecular flexibility index (Phi) is 6.36. The number of aliphatic hydroxyl groups is 1. The van der Waals surface area contributed by atoms with Crippen molar-refractivity contribution in [3.8, 4) is 5.75 Å². The van der Waals surface area contributed by atoms with Crippen molar-refractivity contribution in [2.24, 2.45) is 0 Å². The lowest BCUT2D eigenvalue weighted by molar-refractivity contribution is 0.183. The van der Waals surface area contributed by atoms with E-state index in [9.17, 15) is 0 Å². The Labute approximate surface area is 109 Å². The van der Waals surface area contributed by atoms with Crippen molar-refractivity contribution in [1.29, 1.82) is 0 Å². The molecule has 102 valence electrons. The third kappa shape index (κ3) is 5.77. The highest BCUT2D eigenvalue weighted by atomic mass is 16.5. The topological polar surface area (TPSA) is 67.5 Å². The van der Waals surface area contributed by atoms with E-state index in [2.05, 4.69) is 12.2 Å². The number of aliphatic hydroxyl groups excluding tert-OH is 1. The van der Waals surface area contributed by atoms with Gasteiger partial charge >= 0.3 is 0 Å². The van der Waals surface area contributed by atoms with E-state index in [0.29, 0.717) is 12.3 Å². The summed E-state index contributed by atoms with van der Waals surface area (Å²) in [5, 5.41) is 12.5. The van der Waals surface area contributed by atoms with Crippen LogP contribution in [0, 0.1) is 0 Å². The summed E-state index contributed by atoms with van der Waals surface area (Å²) in [5.74, 6) is 0.801. The van der Waals surface area contributed by atoms with Crippen LogP contribution in [0.3, 0.4) is 0 Å². The quantitative estimate of drug-likeness (QED) is 0.491. The Hall–Kier alpha value is -1.42. The average molecular weight is 252 g/mol. The van der Waals surface area contributed by atoms with Crippen molar-refractivity contribution in [1.82, 2.24) is 0 Å². The van der Waals surface area contributed by atoms with E-state index in [-0.39, 0.29) is 6.10 Å². The van der Waals surface area contributed by atoms with Crippen LogP contribution in [0.5, 0.6) is 5.75 Å². The number of nitrogen functional groups attached to an aromatic ring is 1. The molecule has 1 aromatic rings. The summed E-state index contributed by atoms with van der Waals surface area (Å²) in [5.41, 5.74) is 7.48. The highest BCUT2D eigenvalue weighted by Gasteiger charge is 2.00. The predicted octanol–water partition coefficient (Wildman–Crippen LogP) is 2.63. The number of benzene rings is 1. The van der Waals surface area contributed by atoms with Gasteiger partial charge in [-0.15, -0.1) is 0 Å². The van der Waals surface area contributed by atoms with Crippen molar-refractivity contribution in [3.63, 3.8) is 0 Å². The zero-order valence-corrected chi connectivity index (χ0v) is 11.3. The van der Waals surface area contributed by atoms with Gasteiger partial charge in [0.15, 0.2) is 0 Å². The van der Waals surface area contributed by atoms with Crippen LogP contribution >= 0.6 is 0 Å². The first-order valence-corrected chi connectivity index (χ1v) is 6.57. The van der Waals surface area contributed by atoms with Crippen LogP contribution < -0.4 is 15.8 Å². The van der Waals surface area contributed by atoms with Crippen molar-refractivity contribution in [3.05, 3.63) is 18.2 Å². The molecule has 0 bridgehead atoms. The summed E-state index contributed by atoms with van der Waals surface area (Å²) in [7, 11) is 0. The van der Waals surface area contributed by atoms with Gasteiger partial charge in [0.2, 0.25) is 0 Å². The average Bonchev–Trinajstić information content (AvgIpc) is 2.31. The second-order valence-electron chi connectivity index (χ2n) is 4.56. The molecule has 4 nitrogen and oxygen atoms in total. The molecule has 0 aliphatic heterocycles. The molecule has 0 aliphatic rings. The molecule has 4 heteroatoms. The fourth-order valence-electron chi connectivity index (χ4n) is 1.66. The highest BCUT2D eigenvalue weighted by Crippen LogP contribution is 2.22. The van der Waals surface area contributed by atoms with E-state index in [1.807, 2.05) is 18.2 Å². The van der Waals surface area contributed by atoms with Gasteiger partial charge in [-0.25, -0.2) is 0 Å². The standard InChI is InChI=1S/C14H24N2O2/c1-3-7-18-14-9-12(15)8-13(10-14)16-6-4-5-11(2)17/h8-11,16-17H,3-7,15H2,1-2H3.